The third kappa shape index (κ3) is 4.58. The maximum atomic E-state index is 6.24. The Morgan fingerprint density at radius 2 is 1.78 bits per heavy atom. The van der Waals surface area contributed by atoms with Crippen LogP contribution in [0, 0.1) is 0 Å². The third-order valence-corrected chi connectivity index (χ3v) is 6.52. The lowest BCUT2D eigenvalue weighted by Gasteiger charge is -2.44. The van der Waals surface area contributed by atoms with Gasteiger partial charge in [0.25, 0.3) is 0 Å². The quantitative estimate of drug-likeness (QED) is 0.878. The SMILES string of the molecule is CC(C)N1CCC(Oc2ccc(N3CCC4(CC3)CNCCO4)cc2)CC1. The lowest BCUT2D eigenvalue weighted by Crippen LogP contribution is -2.55. The van der Waals surface area contributed by atoms with Crippen molar-refractivity contribution in [2.75, 3.05) is 50.8 Å². The summed E-state index contributed by atoms with van der Waals surface area (Å²) < 4.78 is 12.3. The Labute approximate surface area is 164 Å². The molecule has 0 saturated carbocycles. The van der Waals surface area contributed by atoms with Gasteiger partial charge in [0.2, 0.25) is 0 Å². The van der Waals surface area contributed by atoms with Crippen LogP contribution in [-0.4, -0.2) is 68.5 Å². The number of likely N-dealkylation sites (tertiary alicyclic amines) is 1. The predicted molar refractivity (Wildman–Crippen MR) is 110 cm³/mol. The average molecular weight is 374 g/mol. The number of ether oxygens (including phenoxy) is 2. The first-order chi connectivity index (χ1) is 13.1. The van der Waals surface area contributed by atoms with Crippen molar-refractivity contribution in [3.8, 4) is 5.75 Å². The highest BCUT2D eigenvalue weighted by Gasteiger charge is 2.37. The molecule has 0 aromatic heterocycles. The minimum absolute atomic E-state index is 0.0721. The van der Waals surface area contributed by atoms with E-state index in [1.165, 1.54) is 5.69 Å². The second-order valence-corrected chi connectivity index (χ2v) is 8.64. The molecule has 3 aliphatic heterocycles. The Morgan fingerprint density at radius 1 is 1.07 bits per heavy atom. The van der Waals surface area contributed by atoms with Crippen LogP contribution in [0.15, 0.2) is 24.3 Å². The van der Waals surface area contributed by atoms with Crippen molar-refractivity contribution in [2.24, 2.45) is 0 Å². The monoisotopic (exact) mass is 373 g/mol. The normalized spacial score (nSPS) is 24.5. The maximum Gasteiger partial charge on any atom is 0.119 e. The molecule has 1 spiro atoms. The highest BCUT2D eigenvalue weighted by atomic mass is 16.5. The summed E-state index contributed by atoms with van der Waals surface area (Å²) in [5.74, 6) is 1.01. The van der Waals surface area contributed by atoms with Crippen molar-refractivity contribution in [3.63, 3.8) is 0 Å². The van der Waals surface area contributed by atoms with Crippen LogP contribution in [0.4, 0.5) is 5.69 Å². The van der Waals surface area contributed by atoms with E-state index < -0.39 is 0 Å². The molecule has 0 bridgehead atoms. The second-order valence-electron chi connectivity index (χ2n) is 8.64. The molecule has 0 aliphatic carbocycles. The first-order valence-electron chi connectivity index (χ1n) is 10.7. The molecule has 3 saturated heterocycles. The van der Waals surface area contributed by atoms with Gasteiger partial charge in [-0.15, -0.1) is 0 Å². The minimum atomic E-state index is 0.0721. The summed E-state index contributed by atoms with van der Waals surface area (Å²) in [4.78, 5) is 5.02. The average Bonchev–Trinajstić information content (AvgIpc) is 2.70. The number of hydrogen-bond acceptors (Lipinski definition) is 5. The molecule has 0 amide bonds. The fourth-order valence-electron chi connectivity index (χ4n) is 4.64. The molecular weight excluding hydrogens is 338 g/mol. The number of nitrogens with one attached hydrogen (secondary N) is 1. The summed E-state index contributed by atoms with van der Waals surface area (Å²) in [6.45, 7) is 11.8. The van der Waals surface area contributed by atoms with Crippen LogP contribution in [0.5, 0.6) is 5.75 Å². The maximum absolute atomic E-state index is 6.24. The van der Waals surface area contributed by atoms with Crippen molar-refractivity contribution in [1.29, 1.82) is 0 Å². The van der Waals surface area contributed by atoms with Gasteiger partial charge in [-0.25, -0.2) is 0 Å². The van der Waals surface area contributed by atoms with E-state index in [4.69, 9.17) is 9.47 Å². The van der Waals surface area contributed by atoms with Crippen LogP contribution < -0.4 is 15.0 Å². The summed E-state index contributed by atoms with van der Waals surface area (Å²) in [6.07, 6.45) is 4.82. The van der Waals surface area contributed by atoms with Crippen LogP contribution in [0.3, 0.4) is 0 Å². The van der Waals surface area contributed by atoms with Gasteiger partial charge in [0.1, 0.15) is 11.9 Å². The first kappa shape index (κ1) is 19.0. The van der Waals surface area contributed by atoms with Gasteiger partial charge in [-0.05, 0) is 63.8 Å². The van der Waals surface area contributed by atoms with Gasteiger partial charge in [-0.1, -0.05) is 0 Å². The van der Waals surface area contributed by atoms with Crippen LogP contribution in [0.1, 0.15) is 39.5 Å². The van der Waals surface area contributed by atoms with Gasteiger partial charge in [-0.3, -0.25) is 0 Å². The Morgan fingerprint density at radius 3 is 2.37 bits per heavy atom. The smallest absolute Gasteiger partial charge is 0.119 e. The van der Waals surface area contributed by atoms with Crippen molar-refractivity contribution in [1.82, 2.24) is 10.2 Å². The second kappa shape index (κ2) is 8.38. The number of anilines is 1. The van der Waals surface area contributed by atoms with E-state index >= 15 is 0 Å². The van der Waals surface area contributed by atoms with Crippen LogP contribution >= 0.6 is 0 Å². The van der Waals surface area contributed by atoms with Gasteiger partial charge in [0, 0.05) is 51.0 Å². The van der Waals surface area contributed by atoms with Crippen LogP contribution in [0.25, 0.3) is 0 Å². The molecule has 1 aromatic rings. The Bertz CT molecular complexity index is 580. The summed E-state index contributed by atoms with van der Waals surface area (Å²) in [6, 6.07) is 9.37. The molecule has 0 atom stereocenters. The van der Waals surface area contributed by atoms with Gasteiger partial charge < -0.3 is 24.6 Å². The number of benzene rings is 1. The molecule has 3 heterocycles. The molecule has 5 nitrogen and oxygen atoms in total. The molecule has 1 N–H and O–H groups in total. The Kier molecular flexibility index (Phi) is 5.90. The molecule has 27 heavy (non-hydrogen) atoms. The fraction of sp³-hybridized carbons (Fsp3) is 0.727. The number of hydrogen-bond donors (Lipinski definition) is 1. The van der Waals surface area contributed by atoms with E-state index in [1.54, 1.807) is 0 Å². The third-order valence-electron chi connectivity index (χ3n) is 6.52. The van der Waals surface area contributed by atoms with E-state index in [-0.39, 0.29) is 5.60 Å². The predicted octanol–water partition coefficient (Wildman–Crippen LogP) is 2.90. The molecule has 3 aliphatic rings. The van der Waals surface area contributed by atoms with E-state index in [2.05, 4.69) is 53.2 Å². The molecule has 3 fully saturated rings. The highest BCUT2D eigenvalue weighted by Crippen LogP contribution is 2.31. The van der Waals surface area contributed by atoms with Gasteiger partial charge >= 0.3 is 0 Å². The molecule has 0 radical (unpaired) electrons. The molecule has 4 rings (SSSR count). The highest BCUT2D eigenvalue weighted by molar-refractivity contribution is 5.49. The number of piperidine rings is 2. The van der Waals surface area contributed by atoms with Gasteiger partial charge in [0.05, 0.1) is 12.2 Å². The molecule has 150 valence electrons. The Hall–Kier alpha value is -1.30. The number of nitrogens with zero attached hydrogens (tertiary/aromatic N) is 2. The number of morpholine rings is 1. The summed E-state index contributed by atoms with van der Waals surface area (Å²) >= 11 is 0. The van der Waals surface area contributed by atoms with E-state index in [9.17, 15) is 0 Å². The van der Waals surface area contributed by atoms with Gasteiger partial charge in [-0.2, -0.15) is 0 Å². The van der Waals surface area contributed by atoms with Gasteiger partial charge in [0.15, 0.2) is 0 Å². The zero-order valence-corrected chi connectivity index (χ0v) is 17.0. The summed E-state index contributed by atoms with van der Waals surface area (Å²) in [5, 5.41) is 3.49. The van der Waals surface area contributed by atoms with Crippen molar-refractivity contribution >= 4 is 5.69 Å². The molecule has 5 heteroatoms. The fourth-order valence-corrected chi connectivity index (χ4v) is 4.64. The standard InChI is InChI=1S/C22H35N3O2/c1-18(2)24-12-7-21(8-13-24)27-20-5-3-19(4-6-20)25-14-9-22(10-15-25)17-23-11-16-26-22/h3-6,18,21,23H,7-17H2,1-2H3. The van der Waals surface area contributed by atoms with Crippen LogP contribution in [-0.2, 0) is 4.74 Å². The largest absolute Gasteiger partial charge is 0.490 e. The topological polar surface area (TPSA) is 37.0 Å². The Balaban J connectivity index is 1.27. The van der Waals surface area contributed by atoms with Crippen molar-refractivity contribution in [3.05, 3.63) is 24.3 Å². The molecule has 0 unspecified atom stereocenters. The van der Waals surface area contributed by atoms with E-state index in [0.717, 1.165) is 77.3 Å². The zero-order valence-electron chi connectivity index (χ0n) is 17.0. The lowest BCUT2D eigenvalue weighted by atomic mass is 9.90. The number of rotatable bonds is 4. The summed E-state index contributed by atoms with van der Waals surface area (Å²) in [7, 11) is 0. The first-order valence-corrected chi connectivity index (χ1v) is 10.7. The molecule has 1 aromatic carbocycles. The molecular formula is C22H35N3O2. The lowest BCUT2D eigenvalue weighted by molar-refractivity contribution is -0.0799. The summed E-state index contributed by atoms with van der Waals surface area (Å²) in [5.41, 5.74) is 1.37. The van der Waals surface area contributed by atoms with E-state index in [1.807, 2.05) is 0 Å². The zero-order chi connectivity index (χ0) is 18.7. The van der Waals surface area contributed by atoms with Crippen molar-refractivity contribution < 1.29 is 9.47 Å². The van der Waals surface area contributed by atoms with E-state index in [0.29, 0.717) is 12.1 Å². The minimum Gasteiger partial charge on any atom is -0.490 e. The van der Waals surface area contributed by atoms with Crippen LogP contribution in [0.2, 0.25) is 0 Å². The van der Waals surface area contributed by atoms with Crippen molar-refractivity contribution in [2.45, 2.75) is 57.3 Å².